The molecule has 0 aliphatic rings. The van der Waals surface area contributed by atoms with Gasteiger partial charge in [-0.2, -0.15) is 0 Å². The summed E-state index contributed by atoms with van der Waals surface area (Å²) in [6, 6.07) is 6.84. The highest BCUT2D eigenvalue weighted by atomic mass is 32.2. The average molecular weight is 256 g/mol. The second kappa shape index (κ2) is 7.19. The molecule has 17 heavy (non-hydrogen) atoms. The minimum absolute atomic E-state index is 0.0243. The second-order valence-corrected chi connectivity index (χ2v) is 5.01. The van der Waals surface area contributed by atoms with Crippen LogP contribution in [0, 0.1) is 0 Å². The summed E-state index contributed by atoms with van der Waals surface area (Å²) in [6.45, 7) is 0.401. The van der Waals surface area contributed by atoms with Crippen molar-refractivity contribution in [2.45, 2.75) is 0 Å². The van der Waals surface area contributed by atoms with Gasteiger partial charge in [0.1, 0.15) is 5.75 Å². The highest BCUT2D eigenvalue weighted by molar-refractivity contribution is 7.85. The van der Waals surface area contributed by atoms with E-state index >= 15 is 0 Å². The number of carbonyl (C=O) groups is 1. The van der Waals surface area contributed by atoms with Gasteiger partial charge in [-0.3, -0.25) is 9.00 Å². The SMILES string of the molecule is COCCS(=O)CC(=O)c1cccc(OC)c1. The van der Waals surface area contributed by atoms with Crippen LogP contribution < -0.4 is 4.74 Å². The molecule has 0 amide bonds. The van der Waals surface area contributed by atoms with Gasteiger partial charge in [-0.05, 0) is 12.1 Å². The summed E-state index contributed by atoms with van der Waals surface area (Å²) in [5, 5.41) is 0. The molecular weight excluding hydrogens is 240 g/mol. The Morgan fingerprint density at radius 1 is 1.35 bits per heavy atom. The zero-order chi connectivity index (χ0) is 12.7. The first-order valence-electron chi connectivity index (χ1n) is 5.18. The zero-order valence-electron chi connectivity index (χ0n) is 9.97. The summed E-state index contributed by atoms with van der Waals surface area (Å²) in [7, 11) is 1.91. The molecule has 0 N–H and O–H groups in total. The van der Waals surface area contributed by atoms with E-state index < -0.39 is 10.8 Å². The number of carbonyl (C=O) groups excluding carboxylic acids is 1. The standard InChI is InChI=1S/C12H16O4S/c1-15-6-7-17(14)9-12(13)10-4-3-5-11(8-10)16-2/h3-5,8H,6-7,9H2,1-2H3. The largest absolute Gasteiger partial charge is 0.497 e. The van der Waals surface area contributed by atoms with Gasteiger partial charge in [0.2, 0.25) is 0 Å². The van der Waals surface area contributed by atoms with Crippen LogP contribution in [0.3, 0.4) is 0 Å². The molecule has 0 aliphatic heterocycles. The Balaban J connectivity index is 2.60. The van der Waals surface area contributed by atoms with Crippen LogP contribution in [0.25, 0.3) is 0 Å². The molecule has 0 saturated carbocycles. The predicted molar refractivity (Wildman–Crippen MR) is 67.1 cm³/mol. The maximum absolute atomic E-state index is 11.8. The fraction of sp³-hybridized carbons (Fsp3) is 0.417. The first-order chi connectivity index (χ1) is 8.17. The van der Waals surface area contributed by atoms with E-state index in [9.17, 15) is 9.00 Å². The lowest BCUT2D eigenvalue weighted by molar-refractivity contribution is 0.102. The van der Waals surface area contributed by atoms with E-state index in [1.54, 1.807) is 38.5 Å². The van der Waals surface area contributed by atoms with Crippen molar-refractivity contribution in [3.63, 3.8) is 0 Å². The van der Waals surface area contributed by atoms with Crippen molar-refractivity contribution < 1.29 is 18.5 Å². The Morgan fingerprint density at radius 3 is 2.76 bits per heavy atom. The molecule has 0 heterocycles. The smallest absolute Gasteiger partial charge is 0.175 e. The van der Waals surface area contributed by atoms with Crippen LogP contribution in [0.2, 0.25) is 0 Å². The molecular formula is C12H16O4S. The van der Waals surface area contributed by atoms with Crippen LogP contribution in [0.4, 0.5) is 0 Å². The Hall–Kier alpha value is -1.20. The van der Waals surface area contributed by atoms with Gasteiger partial charge in [-0.25, -0.2) is 0 Å². The number of ether oxygens (including phenoxy) is 2. The van der Waals surface area contributed by atoms with Gasteiger partial charge in [0.05, 0.1) is 19.5 Å². The predicted octanol–water partition coefficient (Wildman–Crippen LogP) is 1.27. The highest BCUT2D eigenvalue weighted by Gasteiger charge is 2.11. The molecule has 1 unspecified atom stereocenters. The number of benzene rings is 1. The van der Waals surface area contributed by atoms with Crippen molar-refractivity contribution in [2.24, 2.45) is 0 Å². The first kappa shape index (κ1) is 13.9. The third-order valence-corrected chi connectivity index (χ3v) is 3.41. The molecule has 1 atom stereocenters. The fourth-order valence-electron chi connectivity index (χ4n) is 1.27. The molecule has 1 aromatic carbocycles. The highest BCUT2D eigenvalue weighted by Crippen LogP contribution is 2.13. The van der Waals surface area contributed by atoms with Gasteiger partial charge in [0, 0.05) is 29.2 Å². The number of hydrogen-bond acceptors (Lipinski definition) is 4. The second-order valence-electron chi connectivity index (χ2n) is 3.44. The van der Waals surface area contributed by atoms with E-state index in [1.807, 2.05) is 0 Å². The summed E-state index contributed by atoms with van der Waals surface area (Å²) in [5.41, 5.74) is 0.523. The van der Waals surface area contributed by atoms with Gasteiger partial charge in [0.15, 0.2) is 5.78 Å². The molecule has 5 heteroatoms. The Labute approximate surface area is 103 Å². The van der Waals surface area contributed by atoms with Crippen molar-refractivity contribution in [3.8, 4) is 5.75 Å². The quantitative estimate of drug-likeness (QED) is 0.689. The maximum atomic E-state index is 11.8. The minimum Gasteiger partial charge on any atom is -0.497 e. The van der Waals surface area contributed by atoms with E-state index in [1.165, 1.54) is 0 Å². The lowest BCUT2D eigenvalue weighted by atomic mass is 10.1. The van der Waals surface area contributed by atoms with Crippen LogP contribution in [0.5, 0.6) is 5.75 Å². The van der Waals surface area contributed by atoms with Gasteiger partial charge in [-0.15, -0.1) is 0 Å². The van der Waals surface area contributed by atoms with E-state index in [4.69, 9.17) is 9.47 Å². The van der Waals surface area contributed by atoms with Crippen LogP contribution in [0.15, 0.2) is 24.3 Å². The van der Waals surface area contributed by atoms with Crippen LogP contribution in [0.1, 0.15) is 10.4 Å². The van der Waals surface area contributed by atoms with Crippen LogP contribution in [-0.4, -0.2) is 42.3 Å². The number of ketones is 1. The van der Waals surface area contributed by atoms with Gasteiger partial charge < -0.3 is 9.47 Å². The molecule has 4 nitrogen and oxygen atoms in total. The molecule has 0 aliphatic carbocycles. The van der Waals surface area contributed by atoms with E-state index in [-0.39, 0.29) is 11.5 Å². The third kappa shape index (κ3) is 4.66. The Morgan fingerprint density at radius 2 is 2.12 bits per heavy atom. The number of Topliss-reactive ketones (excluding diaryl/α,β-unsaturated/α-hetero) is 1. The summed E-state index contributed by atoms with van der Waals surface area (Å²) >= 11 is 0. The molecule has 1 rings (SSSR count). The Kier molecular flexibility index (Phi) is 5.86. The van der Waals surface area contributed by atoms with Crippen molar-refractivity contribution in [1.82, 2.24) is 0 Å². The topological polar surface area (TPSA) is 52.6 Å². The molecule has 0 radical (unpaired) electrons. The molecule has 94 valence electrons. The summed E-state index contributed by atoms with van der Waals surface area (Å²) in [5.74, 6) is 0.889. The fourth-order valence-corrected chi connectivity index (χ4v) is 2.23. The monoisotopic (exact) mass is 256 g/mol. The van der Waals surface area contributed by atoms with E-state index in [0.29, 0.717) is 23.7 Å². The lowest BCUT2D eigenvalue weighted by Gasteiger charge is -2.04. The van der Waals surface area contributed by atoms with Gasteiger partial charge >= 0.3 is 0 Å². The molecule has 1 aromatic rings. The minimum atomic E-state index is -1.17. The molecule has 0 spiro atoms. The van der Waals surface area contributed by atoms with Gasteiger partial charge in [0.25, 0.3) is 0 Å². The van der Waals surface area contributed by atoms with Crippen molar-refractivity contribution in [3.05, 3.63) is 29.8 Å². The average Bonchev–Trinajstić information content (AvgIpc) is 2.36. The summed E-state index contributed by atoms with van der Waals surface area (Å²) in [4.78, 5) is 11.8. The Bertz CT molecular complexity index is 403. The molecule has 0 bridgehead atoms. The first-order valence-corrected chi connectivity index (χ1v) is 6.67. The summed E-state index contributed by atoms with van der Waals surface area (Å²) in [6.07, 6.45) is 0. The summed E-state index contributed by atoms with van der Waals surface area (Å²) < 4.78 is 21.4. The lowest BCUT2D eigenvalue weighted by Crippen LogP contribution is -2.15. The molecule has 0 fully saturated rings. The van der Waals surface area contributed by atoms with Crippen molar-refractivity contribution in [1.29, 1.82) is 0 Å². The zero-order valence-corrected chi connectivity index (χ0v) is 10.8. The van der Waals surface area contributed by atoms with Gasteiger partial charge in [-0.1, -0.05) is 12.1 Å². The molecule has 0 saturated heterocycles. The number of methoxy groups -OCH3 is 2. The number of rotatable bonds is 7. The van der Waals surface area contributed by atoms with E-state index in [0.717, 1.165) is 0 Å². The maximum Gasteiger partial charge on any atom is 0.175 e. The third-order valence-electron chi connectivity index (χ3n) is 2.20. The number of hydrogen-bond donors (Lipinski definition) is 0. The van der Waals surface area contributed by atoms with Crippen molar-refractivity contribution in [2.75, 3.05) is 32.3 Å². The van der Waals surface area contributed by atoms with Crippen LogP contribution >= 0.6 is 0 Å². The normalized spacial score (nSPS) is 12.1. The molecule has 0 aromatic heterocycles. The van der Waals surface area contributed by atoms with E-state index in [2.05, 4.69) is 0 Å². The van der Waals surface area contributed by atoms with Crippen molar-refractivity contribution >= 4 is 16.6 Å². The van der Waals surface area contributed by atoms with Crippen LogP contribution in [-0.2, 0) is 15.5 Å².